The van der Waals surface area contributed by atoms with E-state index < -0.39 is 23.9 Å². The number of aliphatic hydroxyl groups excluding tert-OH is 1. The molecule has 2 unspecified atom stereocenters. The maximum atomic E-state index is 14.2. The van der Waals surface area contributed by atoms with Gasteiger partial charge in [-0.1, -0.05) is 41.9 Å². The summed E-state index contributed by atoms with van der Waals surface area (Å²) in [5, 5.41) is 24.7. The number of hydrogen-bond acceptors (Lipinski definition) is 7. The van der Waals surface area contributed by atoms with Crippen molar-refractivity contribution in [2.24, 2.45) is 0 Å². The third-order valence-corrected chi connectivity index (χ3v) is 8.17. The second-order valence-corrected chi connectivity index (χ2v) is 10.2. The number of para-hydroxylation sites is 1. The van der Waals surface area contributed by atoms with Crippen LogP contribution in [0.15, 0.2) is 72.8 Å². The van der Waals surface area contributed by atoms with Gasteiger partial charge in [-0.05, 0) is 53.9 Å². The Hall–Kier alpha value is -2.74. The Bertz CT molecular complexity index is 1160. The molecule has 3 aromatic carbocycles. The van der Waals surface area contributed by atoms with Crippen molar-refractivity contribution >= 4 is 30.6 Å². The lowest BCUT2D eigenvalue weighted by Crippen LogP contribution is -2.42. The lowest BCUT2D eigenvalue weighted by Gasteiger charge is -2.43. The van der Waals surface area contributed by atoms with Gasteiger partial charge in [-0.3, -0.25) is 14.7 Å². The van der Waals surface area contributed by atoms with Gasteiger partial charge in [0.05, 0.1) is 4.92 Å². The lowest BCUT2D eigenvalue weighted by atomic mass is 9.94. The molecule has 0 heterocycles. The highest BCUT2D eigenvalue weighted by atomic mass is 35.5. The number of benzene rings is 3. The van der Waals surface area contributed by atoms with Gasteiger partial charge in [0.1, 0.15) is 6.10 Å². The fourth-order valence-corrected chi connectivity index (χ4v) is 5.70. The number of rotatable bonds is 9. The van der Waals surface area contributed by atoms with Gasteiger partial charge in [-0.15, -0.1) is 0 Å². The summed E-state index contributed by atoms with van der Waals surface area (Å²) >= 11 is 6.09. The number of non-ortho nitro benzene ring substituents is 1. The summed E-state index contributed by atoms with van der Waals surface area (Å²) in [5.41, 5.74) is 1.92. The van der Waals surface area contributed by atoms with Crippen molar-refractivity contribution in [3.05, 3.63) is 105 Å². The van der Waals surface area contributed by atoms with Crippen LogP contribution < -0.4 is 5.32 Å². The molecule has 0 saturated carbocycles. The topological polar surface area (TPSA) is 111 Å². The molecule has 10 heteroatoms. The minimum absolute atomic E-state index is 0.142. The molecule has 0 aromatic heterocycles. The number of nitro groups is 1. The number of aryl methyl sites for hydroxylation is 1. The molecule has 0 saturated heterocycles. The molecule has 0 spiro atoms. The van der Waals surface area contributed by atoms with E-state index in [1.54, 1.807) is 36.4 Å². The van der Waals surface area contributed by atoms with Crippen LogP contribution >= 0.6 is 19.2 Å². The summed E-state index contributed by atoms with van der Waals surface area (Å²) < 4.78 is 25.0. The monoisotopic (exact) mass is 490 g/mol. The predicted molar refractivity (Wildman–Crippen MR) is 128 cm³/mol. The molecule has 174 valence electrons. The van der Waals surface area contributed by atoms with Crippen molar-refractivity contribution in [1.82, 2.24) is 0 Å². The largest absolute Gasteiger partial charge is 0.385 e. The first-order valence-electron chi connectivity index (χ1n) is 9.92. The summed E-state index contributed by atoms with van der Waals surface area (Å²) in [4.78, 5) is 10.6. The van der Waals surface area contributed by atoms with Crippen molar-refractivity contribution in [2.75, 3.05) is 19.5 Å². The molecule has 33 heavy (non-hydrogen) atoms. The van der Waals surface area contributed by atoms with Crippen LogP contribution in [0.1, 0.15) is 22.8 Å². The summed E-state index contributed by atoms with van der Waals surface area (Å²) in [6.07, 6.45) is -1.51. The van der Waals surface area contributed by atoms with Crippen LogP contribution in [0.5, 0.6) is 0 Å². The Morgan fingerprint density at radius 1 is 1.03 bits per heavy atom. The van der Waals surface area contributed by atoms with Crippen LogP contribution in [0.25, 0.3) is 0 Å². The summed E-state index contributed by atoms with van der Waals surface area (Å²) in [6, 6.07) is 19.1. The summed E-state index contributed by atoms with van der Waals surface area (Å²) in [7, 11) is -1.67. The molecule has 8 nitrogen and oxygen atoms in total. The molecule has 0 fully saturated rings. The lowest BCUT2D eigenvalue weighted by molar-refractivity contribution is -0.384. The van der Waals surface area contributed by atoms with Crippen LogP contribution in [0, 0.1) is 17.0 Å². The average molecular weight is 491 g/mol. The number of halogens is 1. The highest BCUT2D eigenvalue weighted by Gasteiger charge is 2.57. The Balaban J connectivity index is 2.32. The fraction of sp³-hybridized carbons (Fsp3) is 0.217. The maximum Gasteiger partial charge on any atom is 0.362 e. The molecule has 0 aliphatic carbocycles. The minimum atomic E-state index is -4.14. The van der Waals surface area contributed by atoms with Gasteiger partial charge < -0.3 is 19.5 Å². The van der Waals surface area contributed by atoms with E-state index >= 15 is 0 Å². The van der Waals surface area contributed by atoms with Gasteiger partial charge in [-0.25, -0.2) is 0 Å². The number of anilines is 1. The van der Waals surface area contributed by atoms with E-state index in [9.17, 15) is 19.8 Å². The standard InChI is InChI=1S/C23H24ClN2O6P/c1-16-6-4-5-7-21(16)25-23(33(30,31-2)32-3,18-10-12-19(24)13-11-18)22(27)17-8-14-20(15-9-17)26(28)29/h4-15,22,25,27H,1-3H3. The van der Waals surface area contributed by atoms with E-state index in [-0.39, 0.29) is 11.3 Å². The van der Waals surface area contributed by atoms with E-state index in [1.807, 2.05) is 19.1 Å². The van der Waals surface area contributed by atoms with E-state index in [0.29, 0.717) is 16.3 Å². The number of nitro benzene ring substituents is 1. The van der Waals surface area contributed by atoms with Gasteiger partial charge >= 0.3 is 7.60 Å². The SMILES string of the molecule is COP(=O)(OC)C(Nc1ccccc1C)(c1ccc(Cl)cc1)C(O)c1ccc([N+](=O)[O-])cc1. The van der Waals surface area contributed by atoms with Crippen LogP contribution in [0.2, 0.25) is 5.02 Å². The summed E-state index contributed by atoms with van der Waals surface area (Å²) in [6.45, 7) is 1.86. The number of aliphatic hydroxyl groups is 1. The normalized spacial score (nSPS) is 14.3. The van der Waals surface area contributed by atoms with Crippen LogP contribution in [0.4, 0.5) is 11.4 Å². The van der Waals surface area contributed by atoms with Gasteiger partial charge in [0, 0.05) is 37.1 Å². The molecular weight excluding hydrogens is 467 g/mol. The van der Waals surface area contributed by atoms with Gasteiger partial charge in [0.2, 0.25) is 0 Å². The van der Waals surface area contributed by atoms with Crippen molar-refractivity contribution in [3.63, 3.8) is 0 Å². The van der Waals surface area contributed by atoms with Crippen molar-refractivity contribution in [1.29, 1.82) is 0 Å². The zero-order valence-electron chi connectivity index (χ0n) is 18.3. The van der Waals surface area contributed by atoms with Crippen molar-refractivity contribution in [3.8, 4) is 0 Å². The average Bonchev–Trinajstić information content (AvgIpc) is 2.83. The fourth-order valence-electron chi connectivity index (χ4n) is 3.68. The molecular formula is C23H24ClN2O6P. The van der Waals surface area contributed by atoms with Crippen LogP contribution in [-0.4, -0.2) is 24.2 Å². The molecule has 0 aliphatic rings. The Kier molecular flexibility index (Phi) is 7.57. The van der Waals surface area contributed by atoms with Crippen LogP contribution in [0.3, 0.4) is 0 Å². The first-order valence-corrected chi connectivity index (χ1v) is 11.8. The third-order valence-electron chi connectivity index (χ3n) is 5.48. The molecule has 0 radical (unpaired) electrons. The van der Waals surface area contributed by atoms with Crippen molar-refractivity contribution < 1.29 is 23.6 Å². The first-order chi connectivity index (χ1) is 15.7. The maximum absolute atomic E-state index is 14.2. The van der Waals surface area contributed by atoms with E-state index in [1.165, 1.54) is 38.5 Å². The zero-order chi connectivity index (χ0) is 24.2. The Morgan fingerprint density at radius 3 is 2.12 bits per heavy atom. The van der Waals surface area contributed by atoms with E-state index in [2.05, 4.69) is 5.32 Å². The zero-order valence-corrected chi connectivity index (χ0v) is 19.9. The third kappa shape index (κ3) is 4.67. The Morgan fingerprint density at radius 2 is 1.61 bits per heavy atom. The number of hydrogen-bond donors (Lipinski definition) is 2. The second-order valence-electron chi connectivity index (χ2n) is 7.33. The second kappa shape index (κ2) is 10.0. The molecule has 0 aliphatic heterocycles. The minimum Gasteiger partial charge on any atom is -0.385 e. The van der Waals surface area contributed by atoms with Gasteiger partial charge in [0.15, 0.2) is 5.28 Å². The first kappa shape index (κ1) is 24.9. The van der Waals surface area contributed by atoms with Crippen molar-refractivity contribution in [2.45, 2.75) is 18.3 Å². The van der Waals surface area contributed by atoms with Gasteiger partial charge in [0.25, 0.3) is 5.69 Å². The molecule has 3 aromatic rings. The molecule has 0 amide bonds. The van der Waals surface area contributed by atoms with E-state index in [0.717, 1.165) is 5.56 Å². The number of nitrogens with one attached hydrogen (secondary N) is 1. The van der Waals surface area contributed by atoms with Gasteiger partial charge in [-0.2, -0.15) is 0 Å². The van der Waals surface area contributed by atoms with E-state index in [4.69, 9.17) is 20.6 Å². The predicted octanol–water partition coefficient (Wildman–Crippen LogP) is 6.04. The molecule has 2 N–H and O–H groups in total. The number of nitrogens with zero attached hydrogens (tertiary/aromatic N) is 1. The molecule has 2 atom stereocenters. The molecule has 3 rings (SSSR count). The summed E-state index contributed by atoms with van der Waals surface area (Å²) in [5.74, 6) is 0. The highest BCUT2D eigenvalue weighted by Crippen LogP contribution is 2.68. The Labute approximate surface area is 196 Å². The smallest absolute Gasteiger partial charge is 0.362 e. The van der Waals surface area contributed by atoms with Crippen LogP contribution in [-0.2, 0) is 18.9 Å². The highest BCUT2D eigenvalue weighted by molar-refractivity contribution is 7.55. The molecule has 0 bridgehead atoms. The quantitative estimate of drug-likeness (QED) is 0.213.